The van der Waals surface area contributed by atoms with E-state index in [1.54, 1.807) is 0 Å². The van der Waals surface area contributed by atoms with Crippen molar-refractivity contribution in [2.75, 3.05) is 19.8 Å². The van der Waals surface area contributed by atoms with Gasteiger partial charge in [0.25, 0.3) is 0 Å². The largest absolute Gasteiger partial charge is 0.500 e. The van der Waals surface area contributed by atoms with Crippen molar-refractivity contribution in [1.29, 1.82) is 0 Å². The summed E-state index contributed by atoms with van der Waals surface area (Å²) in [6.45, 7) is 14.7. The molecule has 0 spiro atoms. The van der Waals surface area contributed by atoms with E-state index in [0.29, 0.717) is 19.8 Å². The van der Waals surface area contributed by atoms with Crippen LogP contribution in [0, 0.1) is 5.92 Å². The first-order valence-corrected chi connectivity index (χ1v) is 10.00. The predicted molar refractivity (Wildman–Crippen MR) is 87.9 cm³/mol. The van der Waals surface area contributed by atoms with E-state index in [9.17, 15) is 0 Å². The quantitative estimate of drug-likeness (QED) is 0.294. The van der Waals surface area contributed by atoms with Gasteiger partial charge >= 0.3 is 8.80 Å². The highest BCUT2D eigenvalue weighted by Crippen LogP contribution is 2.20. The molecular formula is C16H34O3Si. The van der Waals surface area contributed by atoms with Crippen molar-refractivity contribution in [3.63, 3.8) is 0 Å². The molecule has 0 bridgehead atoms. The summed E-state index contributed by atoms with van der Waals surface area (Å²) >= 11 is 0. The SMILES string of the molecule is CCO[Si](CCC/C=C(\C)CC(C)C)(OCC)OCC. The number of hydrogen-bond donors (Lipinski definition) is 0. The summed E-state index contributed by atoms with van der Waals surface area (Å²) in [5.41, 5.74) is 1.48. The molecule has 0 aromatic rings. The molecule has 0 aromatic carbocycles. The van der Waals surface area contributed by atoms with Gasteiger partial charge in [0.15, 0.2) is 0 Å². The summed E-state index contributed by atoms with van der Waals surface area (Å²) in [4.78, 5) is 0. The van der Waals surface area contributed by atoms with Crippen LogP contribution >= 0.6 is 0 Å². The minimum absolute atomic E-state index is 0.661. The van der Waals surface area contributed by atoms with Gasteiger partial charge in [0, 0.05) is 25.9 Å². The fourth-order valence-corrected chi connectivity index (χ4v) is 5.04. The lowest BCUT2D eigenvalue weighted by Gasteiger charge is -2.28. The molecule has 0 saturated carbocycles. The van der Waals surface area contributed by atoms with Crippen molar-refractivity contribution >= 4 is 8.80 Å². The Kier molecular flexibility index (Phi) is 11.4. The van der Waals surface area contributed by atoms with Crippen LogP contribution in [-0.2, 0) is 13.3 Å². The number of hydrogen-bond acceptors (Lipinski definition) is 3. The highest BCUT2D eigenvalue weighted by molar-refractivity contribution is 6.60. The molecule has 0 radical (unpaired) electrons. The zero-order chi connectivity index (χ0) is 15.4. The molecule has 0 heterocycles. The van der Waals surface area contributed by atoms with Crippen molar-refractivity contribution in [3.05, 3.63) is 11.6 Å². The third kappa shape index (κ3) is 8.90. The van der Waals surface area contributed by atoms with Gasteiger partial charge in [-0.1, -0.05) is 25.5 Å². The van der Waals surface area contributed by atoms with E-state index in [0.717, 1.165) is 24.8 Å². The molecule has 0 aliphatic carbocycles. The Bertz CT molecular complexity index is 247. The van der Waals surface area contributed by atoms with E-state index in [2.05, 4.69) is 26.8 Å². The Hall–Kier alpha value is -0.163. The Morgan fingerprint density at radius 2 is 1.50 bits per heavy atom. The summed E-state index contributed by atoms with van der Waals surface area (Å²) in [7, 11) is -2.43. The Morgan fingerprint density at radius 1 is 1.00 bits per heavy atom. The first-order valence-electron chi connectivity index (χ1n) is 8.07. The first kappa shape index (κ1) is 19.8. The van der Waals surface area contributed by atoms with Crippen LogP contribution in [0.1, 0.15) is 60.8 Å². The van der Waals surface area contributed by atoms with Gasteiger partial charge in [-0.25, -0.2) is 0 Å². The number of rotatable bonds is 12. The van der Waals surface area contributed by atoms with Crippen LogP contribution in [0.25, 0.3) is 0 Å². The normalized spacial score (nSPS) is 13.2. The Morgan fingerprint density at radius 3 is 1.90 bits per heavy atom. The zero-order valence-electron chi connectivity index (χ0n) is 14.3. The predicted octanol–water partition coefficient (Wildman–Crippen LogP) is 4.81. The van der Waals surface area contributed by atoms with Gasteiger partial charge in [-0.15, -0.1) is 0 Å². The number of allylic oxidation sites excluding steroid dienone is 2. The topological polar surface area (TPSA) is 27.7 Å². The van der Waals surface area contributed by atoms with Gasteiger partial charge in [0.2, 0.25) is 0 Å². The Balaban J connectivity index is 4.31. The van der Waals surface area contributed by atoms with E-state index in [1.165, 1.54) is 12.0 Å². The van der Waals surface area contributed by atoms with E-state index in [4.69, 9.17) is 13.3 Å². The average molecular weight is 303 g/mol. The lowest BCUT2D eigenvalue weighted by molar-refractivity contribution is 0.0709. The van der Waals surface area contributed by atoms with Gasteiger partial charge < -0.3 is 13.3 Å². The summed E-state index contributed by atoms with van der Waals surface area (Å²) in [5, 5.41) is 0. The molecular weight excluding hydrogens is 268 g/mol. The van der Waals surface area contributed by atoms with Gasteiger partial charge in [0.1, 0.15) is 0 Å². The molecule has 0 unspecified atom stereocenters. The van der Waals surface area contributed by atoms with Crippen LogP contribution in [0.3, 0.4) is 0 Å². The maximum Gasteiger partial charge on any atom is 0.500 e. The van der Waals surface area contributed by atoms with Crippen LogP contribution < -0.4 is 0 Å². The van der Waals surface area contributed by atoms with Crippen LogP contribution in [0.5, 0.6) is 0 Å². The Labute approximate surface area is 127 Å². The minimum Gasteiger partial charge on any atom is -0.374 e. The summed E-state index contributed by atoms with van der Waals surface area (Å²) in [5.74, 6) is 0.731. The summed E-state index contributed by atoms with van der Waals surface area (Å²) in [6.07, 6.45) is 5.69. The minimum atomic E-state index is -2.43. The molecule has 20 heavy (non-hydrogen) atoms. The van der Waals surface area contributed by atoms with E-state index in [1.807, 2.05) is 20.8 Å². The zero-order valence-corrected chi connectivity index (χ0v) is 15.3. The summed E-state index contributed by atoms with van der Waals surface area (Å²) < 4.78 is 17.6. The molecule has 0 N–H and O–H groups in total. The lowest BCUT2D eigenvalue weighted by Crippen LogP contribution is -2.45. The third-order valence-corrected chi connectivity index (χ3v) is 6.15. The molecule has 0 aliphatic rings. The fraction of sp³-hybridized carbons (Fsp3) is 0.875. The van der Waals surface area contributed by atoms with Gasteiger partial charge in [0.05, 0.1) is 0 Å². The van der Waals surface area contributed by atoms with E-state index >= 15 is 0 Å². The van der Waals surface area contributed by atoms with Crippen LogP contribution in [0.15, 0.2) is 11.6 Å². The molecule has 3 nitrogen and oxygen atoms in total. The third-order valence-electron chi connectivity index (χ3n) is 3.00. The van der Waals surface area contributed by atoms with E-state index < -0.39 is 8.80 Å². The second-order valence-corrected chi connectivity index (χ2v) is 8.25. The lowest BCUT2D eigenvalue weighted by atomic mass is 10.0. The van der Waals surface area contributed by atoms with Gasteiger partial charge in [-0.05, 0) is 52.9 Å². The number of unbranched alkanes of at least 4 members (excludes halogenated alkanes) is 1. The van der Waals surface area contributed by atoms with Crippen molar-refractivity contribution < 1.29 is 13.3 Å². The molecule has 0 rings (SSSR count). The molecule has 0 saturated heterocycles. The van der Waals surface area contributed by atoms with Gasteiger partial charge in [-0.2, -0.15) is 0 Å². The highest BCUT2D eigenvalue weighted by Gasteiger charge is 2.39. The van der Waals surface area contributed by atoms with Crippen molar-refractivity contribution in [2.45, 2.75) is 66.8 Å². The standard InChI is InChI=1S/C16H34O3Si/c1-7-17-20(18-8-2,19-9-3)13-11-10-12-16(6)14-15(4)5/h12,15H,7-11,13-14H2,1-6H3/b16-12+. The second-order valence-electron chi connectivity index (χ2n) is 5.52. The van der Waals surface area contributed by atoms with Crippen molar-refractivity contribution in [3.8, 4) is 0 Å². The molecule has 0 aromatic heterocycles. The van der Waals surface area contributed by atoms with Crippen LogP contribution in [0.2, 0.25) is 6.04 Å². The van der Waals surface area contributed by atoms with Crippen LogP contribution in [0.4, 0.5) is 0 Å². The molecule has 120 valence electrons. The molecule has 0 atom stereocenters. The first-order chi connectivity index (χ1) is 9.49. The summed E-state index contributed by atoms with van der Waals surface area (Å²) in [6, 6.07) is 0.911. The molecule has 4 heteroatoms. The van der Waals surface area contributed by atoms with Crippen LogP contribution in [-0.4, -0.2) is 28.6 Å². The molecule has 0 amide bonds. The molecule has 0 fully saturated rings. The van der Waals surface area contributed by atoms with Crippen molar-refractivity contribution in [2.24, 2.45) is 5.92 Å². The monoisotopic (exact) mass is 302 g/mol. The maximum absolute atomic E-state index is 5.86. The van der Waals surface area contributed by atoms with Crippen molar-refractivity contribution in [1.82, 2.24) is 0 Å². The van der Waals surface area contributed by atoms with E-state index in [-0.39, 0.29) is 0 Å². The maximum atomic E-state index is 5.86. The second kappa shape index (κ2) is 11.5. The highest BCUT2D eigenvalue weighted by atomic mass is 28.4. The smallest absolute Gasteiger partial charge is 0.374 e. The average Bonchev–Trinajstić information content (AvgIpc) is 2.35. The molecule has 0 aliphatic heterocycles. The fourth-order valence-electron chi connectivity index (χ4n) is 2.40. The van der Waals surface area contributed by atoms with Gasteiger partial charge in [-0.3, -0.25) is 0 Å².